The number of amides is 2. The molecule has 4 rings (SSSR count). The lowest BCUT2D eigenvalue weighted by Gasteiger charge is -2.15. The molecule has 0 N–H and O–H groups in total. The number of imide groups is 1. The highest BCUT2D eigenvalue weighted by Gasteiger charge is 2.56. The Bertz CT molecular complexity index is 1020. The number of carbonyl (C=O) groups excluding carboxylic acids is 2. The third kappa shape index (κ3) is 2.55. The molecule has 2 atom stereocenters. The summed E-state index contributed by atoms with van der Waals surface area (Å²) in [5, 5.41) is 15.0. The molecule has 0 unspecified atom stereocenters. The first-order valence-electron chi connectivity index (χ1n) is 8.01. The van der Waals surface area contributed by atoms with Gasteiger partial charge >= 0.3 is 0 Å². The number of oxime groups is 1. The number of fused-ring (bicyclic) bond motifs is 1. The third-order valence-electron chi connectivity index (χ3n) is 4.60. The Hall–Kier alpha value is -3.62. The Morgan fingerprint density at radius 1 is 1.15 bits per heavy atom. The van der Waals surface area contributed by atoms with Crippen LogP contribution in [0.4, 0.5) is 15.8 Å². The van der Waals surface area contributed by atoms with Gasteiger partial charge in [-0.15, -0.1) is 0 Å². The molecule has 2 amide bonds. The fraction of sp³-hybridized carbons (Fsp3) is 0.167. The summed E-state index contributed by atoms with van der Waals surface area (Å²) in [5.41, 5.74) is 0.995. The van der Waals surface area contributed by atoms with E-state index in [1.807, 2.05) is 0 Å². The van der Waals surface area contributed by atoms with Gasteiger partial charge in [-0.05, 0) is 25.1 Å². The van der Waals surface area contributed by atoms with Gasteiger partial charge in [0.1, 0.15) is 17.4 Å². The number of nitro groups is 1. The zero-order chi connectivity index (χ0) is 19.3. The maximum atomic E-state index is 13.1. The number of carbonyl (C=O) groups is 2. The first-order valence-corrected chi connectivity index (χ1v) is 8.01. The number of hydrogen-bond acceptors (Lipinski definition) is 6. The Morgan fingerprint density at radius 3 is 2.52 bits per heavy atom. The van der Waals surface area contributed by atoms with Gasteiger partial charge in [0.15, 0.2) is 0 Å². The average Bonchev–Trinajstić information content (AvgIpc) is 3.17. The van der Waals surface area contributed by atoms with Gasteiger partial charge in [-0.25, -0.2) is 9.29 Å². The minimum absolute atomic E-state index is 0.0961. The molecule has 2 aliphatic rings. The maximum Gasteiger partial charge on any atom is 0.278 e. The zero-order valence-electron chi connectivity index (χ0n) is 14.0. The fourth-order valence-corrected chi connectivity index (χ4v) is 3.22. The van der Waals surface area contributed by atoms with Crippen LogP contribution in [0.15, 0.2) is 47.6 Å². The molecule has 0 spiro atoms. The number of anilines is 1. The van der Waals surface area contributed by atoms with Crippen molar-refractivity contribution < 1.29 is 23.7 Å². The Labute approximate surface area is 152 Å². The monoisotopic (exact) mass is 369 g/mol. The molecule has 0 radical (unpaired) electrons. The van der Waals surface area contributed by atoms with Gasteiger partial charge in [0, 0.05) is 17.2 Å². The molecule has 8 nitrogen and oxygen atoms in total. The summed E-state index contributed by atoms with van der Waals surface area (Å²) in [6, 6.07) is 9.43. The van der Waals surface area contributed by atoms with Crippen LogP contribution in [0.2, 0.25) is 0 Å². The van der Waals surface area contributed by atoms with E-state index in [2.05, 4.69) is 5.16 Å². The quantitative estimate of drug-likeness (QED) is 0.469. The fourth-order valence-electron chi connectivity index (χ4n) is 3.22. The second kappa shape index (κ2) is 5.97. The van der Waals surface area contributed by atoms with E-state index >= 15 is 0 Å². The van der Waals surface area contributed by atoms with E-state index in [-0.39, 0.29) is 17.1 Å². The number of hydrogen-bond donors (Lipinski definition) is 0. The second-order valence-corrected chi connectivity index (χ2v) is 6.23. The van der Waals surface area contributed by atoms with E-state index < -0.39 is 34.6 Å². The lowest BCUT2D eigenvalue weighted by atomic mass is 9.94. The van der Waals surface area contributed by atoms with Crippen molar-refractivity contribution in [1.29, 1.82) is 0 Å². The van der Waals surface area contributed by atoms with Crippen molar-refractivity contribution in [3.05, 3.63) is 69.5 Å². The van der Waals surface area contributed by atoms with E-state index in [1.165, 1.54) is 42.5 Å². The Morgan fingerprint density at radius 2 is 1.85 bits per heavy atom. The van der Waals surface area contributed by atoms with Crippen LogP contribution in [0.1, 0.15) is 11.1 Å². The number of halogens is 1. The highest BCUT2D eigenvalue weighted by molar-refractivity contribution is 6.32. The molecule has 27 heavy (non-hydrogen) atoms. The van der Waals surface area contributed by atoms with Gasteiger partial charge in [0.25, 0.3) is 11.6 Å². The SMILES string of the molecule is Cc1ccc(N2C(=O)[C@@H]3C(c4ccc(F)cc4)=NO[C@@H]3C2=O)cc1[N+](=O)[O-]. The topological polar surface area (TPSA) is 102 Å². The maximum absolute atomic E-state index is 13.1. The second-order valence-electron chi connectivity index (χ2n) is 6.23. The summed E-state index contributed by atoms with van der Waals surface area (Å²) < 4.78 is 13.1. The summed E-state index contributed by atoms with van der Waals surface area (Å²) in [7, 11) is 0. The highest BCUT2D eigenvalue weighted by atomic mass is 19.1. The van der Waals surface area contributed by atoms with Crippen LogP contribution in [0, 0.1) is 28.8 Å². The summed E-state index contributed by atoms with van der Waals surface area (Å²) in [6.07, 6.45) is -1.14. The predicted octanol–water partition coefficient (Wildman–Crippen LogP) is 2.33. The summed E-state index contributed by atoms with van der Waals surface area (Å²) in [5.74, 6) is -2.67. The largest absolute Gasteiger partial charge is 0.381 e. The van der Waals surface area contributed by atoms with Crippen LogP contribution < -0.4 is 4.90 Å². The van der Waals surface area contributed by atoms with Crippen molar-refractivity contribution >= 4 is 28.9 Å². The number of rotatable bonds is 3. The van der Waals surface area contributed by atoms with Gasteiger partial charge in [-0.2, -0.15) is 0 Å². The summed E-state index contributed by atoms with van der Waals surface area (Å²) >= 11 is 0. The molecule has 0 aliphatic carbocycles. The van der Waals surface area contributed by atoms with Crippen LogP contribution in [-0.2, 0) is 14.4 Å². The minimum atomic E-state index is -1.14. The predicted molar refractivity (Wildman–Crippen MR) is 91.6 cm³/mol. The zero-order valence-corrected chi connectivity index (χ0v) is 14.0. The van der Waals surface area contributed by atoms with Crippen molar-refractivity contribution in [2.75, 3.05) is 4.90 Å². The first kappa shape index (κ1) is 16.8. The summed E-state index contributed by atoms with van der Waals surface area (Å²) in [4.78, 5) is 42.2. The van der Waals surface area contributed by atoms with E-state index in [9.17, 15) is 24.1 Å². The molecule has 9 heteroatoms. The van der Waals surface area contributed by atoms with Crippen LogP contribution >= 0.6 is 0 Å². The van der Waals surface area contributed by atoms with Crippen molar-refractivity contribution in [3.63, 3.8) is 0 Å². The van der Waals surface area contributed by atoms with E-state index in [1.54, 1.807) is 6.92 Å². The van der Waals surface area contributed by atoms with Crippen molar-refractivity contribution in [2.45, 2.75) is 13.0 Å². The molecule has 2 aliphatic heterocycles. The van der Waals surface area contributed by atoms with E-state index in [0.717, 1.165) is 4.90 Å². The lowest BCUT2D eigenvalue weighted by Crippen LogP contribution is -2.33. The van der Waals surface area contributed by atoms with Crippen molar-refractivity contribution in [3.8, 4) is 0 Å². The molecular formula is C18H12FN3O5. The summed E-state index contributed by atoms with van der Waals surface area (Å²) in [6.45, 7) is 1.56. The van der Waals surface area contributed by atoms with E-state index in [4.69, 9.17) is 4.84 Å². The molecule has 2 heterocycles. The van der Waals surface area contributed by atoms with Crippen molar-refractivity contribution in [2.24, 2.45) is 11.1 Å². The third-order valence-corrected chi connectivity index (χ3v) is 4.60. The molecule has 136 valence electrons. The van der Waals surface area contributed by atoms with Crippen LogP contribution in [0.25, 0.3) is 0 Å². The van der Waals surface area contributed by atoms with Gasteiger partial charge in [0.2, 0.25) is 12.0 Å². The average molecular weight is 369 g/mol. The first-order chi connectivity index (χ1) is 12.9. The number of nitrogens with zero attached hydrogens (tertiary/aromatic N) is 3. The number of aryl methyl sites for hydroxylation is 1. The number of benzene rings is 2. The smallest absolute Gasteiger partial charge is 0.278 e. The molecule has 0 bridgehead atoms. The van der Waals surface area contributed by atoms with Gasteiger partial charge in [0.05, 0.1) is 10.6 Å². The molecule has 2 aromatic carbocycles. The molecule has 1 saturated heterocycles. The molecular weight excluding hydrogens is 357 g/mol. The van der Waals surface area contributed by atoms with Crippen LogP contribution in [-0.4, -0.2) is 28.6 Å². The van der Waals surface area contributed by atoms with Gasteiger partial charge in [-0.3, -0.25) is 19.7 Å². The lowest BCUT2D eigenvalue weighted by molar-refractivity contribution is -0.385. The Balaban J connectivity index is 1.71. The van der Waals surface area contributed by atoms with Crippen LogP contribution in [0.3, 0.4) is 0 Å². The number of nitro benzene ring substituents is 1. The van der Waals surface area contributed by atoms with Gasteiger partial charge in [-0.1, -0.05) is 23.4 Å². The van der Waals surface area contributed by atoms with E-state index in [0.29, 0.717) is 11.1 Å². The molecule has 0 saturated carbocycles. The van der Waals surface area contributed by atoms with Gasteiger partial charge < -0.3 is 4.84 Å². The minimum Gasteiger partial charge on any atom is -0.381 e. The Kier molecular flexibility index (Phi) is 3.72. The molecule has 2 aromatic rings. The highest BCUT2D eigenvalue weighted by Crippen LogP contribution is 2.36. The molecule has 1 fully saturated rings. The normalized spacial score (nSPS) is 21.1. The molecule has 0 aromatic heterocycles. The van der Waals surface area contributed by atoms with Crippen molar-refractivity contribution in [1.82, 2.24) is 0 Å². The standard InChI is InChI=1S/C18H12FN3O5/c1-9-2-7-12(8-13(9)22(25)26)21-17(23)14-15(20-27-16(14)18(21)24)10-3-5-11(19)6-4-10/h2-8,14,16H,1H3/t14-,16+/m1/s1. The van der Waals surface area contributed by atoms with Crippen LogP contribution in [0.5, 0.6) is 0 Å².